The molecule has 2 radical (unpaired) electrons. The van der Waals surface area contributed by atoms with Crippen LogP contribution in [-0.4, -0.2) is 150 Å². The van der Waals surface area contributed by atoms with Crippen LogP contribution in [0.5, 0.6) is 17.2 Å². The van der Waals surface area contributed by atoms with E-state index in [1.165, 1.54) is 35.1 Å². The van der Waals surface area contributed by atoms with Crippen LogP contribution in [-0.2, 0) is 101 Å². The van der Waals surface area contributed by atoms with Gasteiger partial charge < -0.3 is 55.3 Å². The summed E-state index contributed by atoms with van der Waals surface area (Å²) in [5, 5.41) is 12.6. The summed E-state index contributed by atoms with van der Waals surface area (Å²) in [6, 6.07) is 49.7. The normalized spacial score (nSPS) is 13.9. The van der Waals surface area contributed by atoms with Crippen LogP contribution in [0.1, 0.15) is 180 Å². The van der Waals surface area contributed by atoms with Gasteiger partial charge in [-0.05, 0) is 201 Å². The fourth-order valence-corrected chi connectivity index (χ4v) is 14.2. The third-order valence-electron chi connectivity index (χ3n) is 20.0. The van der Waals surface area contributed by atoms with Gasteiger partial charge in [-0.1, -0.05) is 168 Å². The first kappa shape index (κ1) is 85.0. The number of hydrogen-bond donors (Lipinski definition) is 4. The number of primary amides is 2. The number of methoxy groups -OCH3 is 3. The minimum absolute atomic E-state index is 0. The van der Waals surface area contributed by atoms with Crippen LogP contribution >= 0.6 is 0 Å². The number of benzene rings is 6. The second-order valence-corrected chi connectivity index (χ2v) is 27.0. The molecule has 566 valence electrons. The number of carboxylic acid groups (broad SMARTS) is 1. The highest BCUT2D eigenvalue weighted by atomic mass is 16.5. The third kappa shape index (κ3) is 25.7. The molecule has 6 N–H and O–H groups in total. The Labute approximate surface area is 640 Å². The van der Waals surface area contributed by atoms with Gasteiger partial charge in [0.1, 0.15) is 17.5 Å². The molecule has 0 bridgehead atoms. The number of carboxylic acids is 1. The molecule has 3 saturated heterocycles. The zero-order chi connectivity index (χ0) is 73.7. The second kappa shape index (κ2) is 44.1. The number of ether oxygens (including phenoxy) is 3. The molecule has 3 fully saturated rings. The number of carbonyl (C=O) groups excluding carboxylic acids is 4. The van der Waals surface area contributed by atoms with E-state index in [4.69, 9.17) is 40.6 Å². The molecule has 108 heavy (non-hydrogen) atoms. The Morgan fingerprint density at radius 3 is 1.00 bits per heavy atom. The molecule has 3 aliphatic rings. The fourth-order valence-electron chi connectivity index (χ4n) is 14.2. The lowest BCUT2D eigenvalue weighted by Gasteiger charge is -2.30. The summed E-state index contributed by atoms with van der Waals surface area (Å²) in [7, 11) is 8.16. The topological polar surface area (TPSA) is 281 Å². The number of nitrogens with two attached hydrogens (primary N) is 2. The fraction of sp³-hybridized carbons (Fsp3) is 0.384. The first-order valence-electron chi connectivity index (χ1n) is 36.4. The summed E-state index contributed by atoms with van der Waals surface area (Å²) < 4.78 is 16.5. The van der Waals surface area contributed by atoms with Crippen molar-refractivity contribution < 1.29 is 43.3 Å². The number of carbonyl (C=O) groups is 5. The maximum absolute atomic E-state index is 11.4. The Hall–Kier alpha value is -10.3. The van der Waals surface area contributed by atoms with E-state index < -0.39 is 5.97 Å². The summed E-state index contributed by atoms with van der Waals surface area (Å²) in [5.41, 5.74) is 26.9. The highest BCUT2D eigenvalue weighted by Gasteiger charge is 2.24. The average molecular weight is 1460 g/mol. The predicted octanol–water partition coefficient (Wildman–Crippen LogP) is 11.6. The maximum Gasteiger partial charge on any atom is 0.307 e. The standard InChI is InChI=1S/C28H32BN4O3.C28H31BN3O4.C27H32N4O2.3CH4/c1-36-26-18-31-28(32-25(26)11-10-21-4-2-3-5-24(21)17-27(30)35)16-20-6-8-22(9-7-20)23-12-14-33(15-13-23)29-19-34;1-36-26-18-30-27(31-25(26)11-10-21-4-2-3-5-24(21)17-28(34)35)16-20-6-8-22(9-7-20)23-12-14-32(15-13-23)29-19-33;1-33-25-18-30-27(16-19-6-8-21(9-7-19)22-12-14-29-15-13-22)31-24(25)11-10-20-4-2-3-5-23(20)17-26(28)32;;;/h2-9,18-19,23H,10-17H2,1H3,(H2,30,35);2-9,18-19,23H,10-17H2,1H3,(H,34,35);2-9,18,22,29H,10-17H2,1H3,(H2,28,32);3*1H4. The molecule has 6 aromatic carbocycles. The van der Waals surface area contributed by atoms with Crippen molar-refractivity contribution >= 4 is 45.0 Å². The van der Waals surface area contributed by atoms with Gasteiger partial charge in [0.25, 0.3) is 14.8 Å². The highest BCUT2D eigenvalue weighted by Crippen LogP contribution is 2.32. The summed E-state index contributed by atoms with van der Waals surface area (Å²) >= 11 is 0. The lowest BCUT2D eigenvalue weighted by Crippen LogP contribution is -2.36. The molecule has 12 rings (SSSR count). The number of piperidine rings is 3. The molecule has 0 atom stereocenters. The van der Waals surface area contributed by atoms with E-state index in [0.717, 1.165) is 169 Å². The van der Waals surface area contributed by atoms with E-state index in [1.54, 1.807) is 54.7 Å². The van der Waals surface area contributed by atoms with E-state index >= 15 is 0 Å². The summed E-state index contributed by atoms with van der Waals surface area (Å²) in [4.78, 5) is 87.6. The molecule has 0 aliphatic carbocycles. The van der Waals surface area contributed by atoms with E-state index in [-0.39, 0.29) is 53.4 Å². The molecular weight excluding hydrogens is 1350 g/mol. The van der Waals surface area contributed by atoms with Gasteiger partial charge in [-0.25, -0.2) is 29.9 Å². The first-order valence-corrected chi connectivity index (χ1v) is 36.4. The van der Waals surface area contributed by atoms with E-state index in [2.05, 4.69) is 103 Å². The van der Waals surface area contributed by atoms with E-state index in [9.17, 15) is 29.1 Å². The monoisotopic (exact) mass is 1460 g/mol. The number of nitrogens with one attached hydrogen (secondary N) is 1. The van der Waals surface area contributed by atoms with Crippen molar-refractivity contribution in [2.45, 2.75) is 156 Å². The molecular formula is C86H107B2N11O9. The van der Waals surface area contributed by atoms with Gasteiger partial charge in [0, 0.05) is 19.3 Å². The van der Waals surface area contributed by atoms with Crippen LogP contribution in [0, 0.1) is 0 Å². The largest absolute Gasteiger partial charge is 0.493 e. The first-order chi connectivity index (χ1) is 51.2. The molecule has 6 heterocycles. The molecule has 3 aliphatic heterocycles. The molecule has 3 aromatic heterocycles. The lowest BCUT2D eigenvalue weighted by atomic mass is 9.84. The SMILES string of the molecule is C.C.C.COc1cnc(Cc2ccc(C3CCN([B]C=O)CC3)cc2)nc1CCc1ccccc1CC(=O)O.COc1cnc(Cc2ccc(C3CCN([B]C=O)CC3)cc2)nc1CCc1ccccc1CC(N)=O.COc1cnc(Cc2ccc(C3CCNCC3)cc2)nc1CCc1ccccc1CC(N)=O. The number of amides is 2. The van der Waals surface area contributed by atoms with Crippen molar-refractivity contribution in [2.75, 3.05) is 60.6 Å². The molecule has 2 amide bonds. The van der Waals surface area contributed by atoms with Crippen molar-refractivity contribution in [3.05, 3.63) is 265 Å². The zero-order valence-electron chi connectivity index (χ0n) is 60.5. The number of nitrogens with zero attached hydrogens (tertiary/aromatic N) is 8. The number of aryl methyl sites for hydroxylation is 6. The minimum Gasteiger partial charge on any atom is -0.493 e. The van der Waals surface area contributed by atoms with Gasteiger partial charge in [0.05, 0.1) is 88.6 Å². The average Bonchev–Trinajstić information content (AvgIpc) is 0.845. The van der Waals surface area contributed by atoms with Crippen molar-refractivity contribution in [1.82, 2.24) is 44.8 Å². The maximum atomic E-state index is 11.4. The van der Waals surface area contributed by atoms with E-state index in [1.807, 2.05) is 72.8 Å². The molecule has 9 aromatic rings. The van der Waals surface area contributed by atoms with Crippen LogP contribution in [0.2, 0.25) is 0 Å². The van der Waals surface area contributed by atoms with E-state index in [0.29, 0.717) is 79.9 Å². The van der Waals surface area contributed by atoms with Gasteiger partial charge in [-0.2, -0.15) is 0 Å². The van der Waals surface area contributed by atoms with Crippen molar-refractivity contribution in [2.24, 2.45) is 11.5 Å². The number of aromatic nitrogens is 6. The second-order valence-electron chi connectivity index (χ2n) is 27.0. The predicted molar refractivity (Wildman–Crippen MR) is 429 cm³/mol. The van der Waals surface area contributed by atoms with Gasteiger partial charge in [-0.15, -0.1) is 0 Å². The Kier molecular flexibility index (Phi) is 34.7. The molecule has 20 nitrogen and oxygen atoms in total. The molecule has 0 saturated carbocycles. The van der Waals surface area contributed by atoms with Crippen molar-refractivity contribution in [3.63, 3.8) is 0 Å². The van der Waals surface area contributed by atoms with Gasteiger partial charge in [0.2, 0.25) is 11.8 Å². The van der Waals surface area contributed by atoms with Crippen molar-refractivity contribution in [3.8, 4) is 17.2 Å². The molecule has 0 unspecified atom stereocenters. The highest BCUT2D eigenvalue weighted by molar-refractivity contribution is 6.64. The smallest absolute Gasteiger partial charge is 0.307 e. The Bertz CT molecular complexity index is 4110. The number of hydrogen-bond acceptors (Lipinski definition) is 17. The van der Waals surface area contributed by atoms with Gasteiger partial charge in [0.15, 0.2) is 17.2 Å². The zero-order valence-corrected chi connectivity index (χ0v) is 60.5. The number of rotatable bonds is 31. The van der Waals surface area contributed by atoms with Crippen LogP contribution < -0.4 is 31.0 Å². The minimum atomic E-state index is -0.836. The third-order valence-corrected chi connectivity index (χ3v) is 20.0. The van der Waals surface area contributed by atoms with Crippen molar-refractivity contribution in [1.29, 1.82) is 0 Å². The van der Waals surface area contributed by atoms with Crippen LogP contribution in [0.4, 0.5) is 0 Å². The lowest BCUT2D eigenvalue weighted by molar-refractivity contribution is -0.136. The van der Waals surface area contributed by atoms with Gasteiger partial charge in [-0.3, -0.25) is 14.4 Å². The Balaban J connectivity index is 0.000000223. The Morgan fingerprint density at radius 1 is 0.435 bits per heavy atom. The quantitative estimate of drug-likeness (QED) is 0.0232. The van der Waals surface area contributed by atoms with Crippen LogP contribution in [0.3, 0.4) is 0 Å². The van der Waals surface area contributed by atoms with Gasteiger partial charge >= 0.3 is 5.97 Å². The molecule has 22 heteroatoms. The summed E-state index contributed by atoms with van der Waals surface area (Å²) in [5.74, 6) is 4.46. The molecule has 0 spiro atoms. The Morgan fingerprint density at radius 2 is 0.722 bits per heavy atom. The summed E-state index contributed by atoms with van der Waals surface area (Å²) in [6.45, 7) is 5.86. The number of aliphatic carboxylic acids is 1. The summed E-state index contributed by atoms with van der Waals surface area (Å²) in [6.07, 6.45) is 20.1. The van der Waals surface area contributed by atoms with Crippen LogP contribution in [0.25, 0.3) is 0 Å². The van der Waals surface area contributed by atoms with Crippen LogP contribution in [0.15, 0.2) is 164 Å².